The number of hydrogen-bond acceptors (Lipinski definition) is 5. The Hall–Kier alpha value is -2.02. The molecule has 0 spiro atoms. The quantitative estimate of drug-likeness (QED) is 0.719. The fourth-order valence-corrected chi connectivity index (χ4v) is 2.99. The van der Waals surface area contributed by atoms with Gasteiger partial charge in [0.1, 0.15) is 5.78 Å². The number of methoxy groups -OCH3 is 1. The number of carbonyl (C=O) groups excluding carboxylic acids is 2. The van der Waals surface area contributed by atoms with Gasteiger partial charge in [0.15, 0.2) is 17.3 Å². The lowest BCUT2D eigenvalue weighted by Gasteiger charge is -2.09. The van der Waals surface area contributed by atoms with Crippen LogP contribution in [0.15, 0.2) is 18.2 Å². The molecule has 0 aliphatic heterocycles. The molecule has 1 heterocycles. The van der Waals surface area contributed by atoms with Gasteiger partial charge < -0.3 is 14.3 Å². The molecule has 2 rings (SSSR count). The molecule has 4 nitrogen and oxygen atoms in total. The Kier molecular flexibility index (Phi) is 5.07. The topological polar surface area (TPSA) is 52.6 Å². The first-order valence-electron chi connectivity index (χ1n) is 6.49. The van der Waals surface area contributed by atoms with Gasteiger partial charge in [-0.05, 0) is 24.4 Å². The molecule has 1 aromatic heterocycles. The number of rotatable bonds is 7. The molecule has 0 bridgehead atoms. The highest BCUT2D eigenvalue weighted by atomic mass is 32.1. The van der Waals surface area contributed by atoms with Crippen molar-refractivity contribution in [3.05, 3.63) is 23.1 Å². The molecule has 0 unspecified atom stereocenters. The first-order chi connectivity index (χ1) is 10.4. The van der Waals surface area contributed by atoms with Crippen molar-refractivity contribution in [2.75, 3.05) is 7.11 Å². The summed E-state index contributed by atoms with van der Waals surface area (Å²) in [6, 6.07) is 4.63. The van der Waals surface area contributed by atoms with E-state index in [2.05, 4.69) is 4.74 Å². The molecule has 0 fully saturated rings. The summed E-state index contributed by atoms with van der Waals surface area (Å²) < 4.78 is 34.8. The highest BCUT2D eigenvalue weighted by Gasteiger charge is 2.16. The van der Waals surface area contributed by atoms with E-state index in [0.717, 1.165) is 0 Å². The molecule has 0 N–H and O–H groups in total. The summed E-state index contributed by atoms with van der Waals surface area (Å²) in [5.41, 5.74) is 0. The molecule has 2 aromatic rings. The second-order valence-corrected chi connectivity index (χ2v) is 5.74. The van der Waals surface area contributed by atoms with Crippen LogP contribution in [0, 0.1) is 0 Å². The molecule has 0 saturated carbocycles. The third-order valence-electron chi connectivity index (χ3n) is 3.00. The minimum Gasteiger partial charge on any atom is -0.493 e. The molecule has 0 radical (unpaired) electrons. The van der Waals surface area contributed by atoms with Crippen molar-refractivity contribution in [3.63, 3.8) is 0 Å². The summed E-state index contributed by atoms with van der Waals surface area (Å²) in [4.78, 5) is 23.4. The van der Waals surface area contributed by atoms with Gasteiger partial charge >= 0.3 is 6.61 Å². The van der Waals surface area contributed by atoms with E-state index in [0.29, 0.717) is 15.0 Å². The Morgan fingerprint density at radius 3 is 2.50 bits per heavy atom. The number of ether oxygens (including phenoxy) is 2. The Morgan fingerprint density at radius 1 is 1.18 bits per heavy atom. The van der Waals surface area contributed by atoms with E-state index in [1.54, 1.807) is 12.1 Å². The number of carbonyl (C=O) groups is 2. The Morgan fingerprint density at radius 2 is 1.91 bits per heavy atom. The maximum absolute atomic E-state index is 12.4. The monoisotopic (exact) mass is 328 g/mol. The molecule has 118 valence electrons. The summed E-state index contributed by atoms with van der Waals surface area (Å²) >= 11 is 1.18. The first kappa shape index (κ1) is 16.4. The van der Waals surface area contributed by atoms with E-state index in [9.17, 15) is 18.4 Å². The minimum absolute atomic E-state index is 0.0521. The number of fused-ring (bicyclic) bond motifs is 1. The molecular weight excluding hydrogens is 314 g/mol. The van der Waals surface area contributed by atoms with E-state index in [1.165, 1.54) is 31.4 Å². The Balaban J connectivity index is 2.33. The van der Waals surface area contributed by atoms with Gasteiger partial charge in [-0.3, -0.25) is 4.79 Å². The summed E-state index contributed by atoms with van der Waals surface area (Å²) in [5.74, 6) is -0.0987. The zero-order chi connectivity index (χ0) is 16.3. The maximum atomic E-state index is 12.4. The number of ketones is 2. The number of halogens is 2. The van der Waals surface area contributed by atoms with Gasteiger partial charge in [0, 0.05) is 23.6 Å². The van der Waals surface area contributed by atoms with Crippen LogP contribution in [0.3, 0.4) is 0 Å². The second-order valence-electron chi connectivity index (χ2n) is 4.66. The van der Waals surface area contributed by atoms with Crippen LogP contribution in [0.4, 0.5) is 8.78 Å². The zero-order valence-electron chi connectivity index (χ0n) is 12.0. The van der Waals surface area contributed by atoms with Crippen LogP contribution in [0.5, 0.6) is 11.5 Å². The van der Waals surface area contributed by atoms with Crippen molar-refractivity contribution < 1.29 is 27.8 Å². The van der Waals surface area contributed by atoms with Crippen molar-refractivity contribution in [1.82, 2.24) is 0 Å². The Labute approximate surface area is 129 Å². The minimum atomic E-state index is -2.96. The number of thiophene rings is 1. The highest BCUT2D eigenvalue weighted by Crippen LogP contribution is 2.37. The molecule has 0 saturated heterocycles. The SMILES string of the molecule is COc1cc2cc(C(=O)CCC(C)=O)sc2cc1OC(F)F. The molecule has 7 heteroatoms. The van der Waals surface area contributed by atoms with Crippen LogP contribution in [0.1, 0.15) is 29.4 Å². The van der Waals surface area contributed by atoms with Crippen molar-refractivity contribution in [1.29, 1.82) is 0 Å². The van der Waals surface area contributed by atoms with Crippen LogP contribution in [0.25, 0.3) is 10.1 Å². The van der Waals surface area contributed by atoms with Crippen molar-refractivity contribution in [2.45, 2.75) is 26.4 Å². The van der Waals surface area contributed by atoms with Crippen LogP contribution >= 0.6 is 11.3 Å². The smallest absolute Gasteiger partial charge is 0.387 e. The average molecular weight is 328 g/mol. The van der Waals surface area contributed by atoms with Gasteiger partial charge in [-0.15, -0.1) is 11.3 Å². The van der Waals surface area contributed by atoms with E-state index >= 15 is 0 Å². The zero-order valence-corrected chi connectivity index (χ0v) is 12.8. The number of alkyl halides is 2. The van der Waals surface area contributed by atoms with Crippen LogP contribution in [0.2, 0.25) is 0 Å². The molecule has 1 aromatic carbocycles. The predicted octanol–water partition coefficient (Wildman–Crippen LogP) is 4.06. The lowest BCUT2D eigenvalue weighted by Crippen LogP contribution is -2.03. The van der Waals surface area contributed by atoms with Gasteiger partial charge in [0.05, 0.1) is 12.0 Å². The van der Waals surface area contributed by atoms with Gasteiger partial charge in [-0.25, -0.2) is 0 Å². The normalized spacial score (nSPS) is 11.0. The lowest BCUT2D eigenvalue weighted by molar-refractivity contribution is -0.117. The molecule has 0 atom stereocenters. The fraction of sp³-hybridized carbons (Fsp3) is 0.333. The lowest BCUT2D eigenvalue weighted by atomic mass is 10.1. The van der Waals surface area contributed by atoms with Crippen molar-refractivity contribution in [3.8, 4) is 11.5 Å². The number of hydrogen-bond donors (Lipinski definition) is 0. The molecule has 0 aliphatic rings. The number of benzene rings is 1. The molecule has 0 aliphatic carbocycles. The summed E-state index contributed by atoms with van der Waals surface area (Å²) in [7, 11) is 1.35. The summed E-state index contributed by atoms with van der Waals surface area (Å²) in [5, 5.41) is 0.703. The van der Waals surface area contributed by atoms with E-state index in [4.69, 9.17) is 4.74 Å². The fourth-order valence-electron chi connectivity index (χ4n) is 1.95. The molecule has 0 amide bonds. The molecule has 22 heavy (non-hydrogen) atoms. The highest BCUT2D eigenvalue weighted by molar-refractivity contribution is 7.20. The maximum Gasteiger partial charge on any atom is 0.387 e. The van der Waals surface area contributed by atoms with Gasteiger partial charge in [0.2, 0.25) is 0 Å². The largest absolute Gasteiger partial charge is 0.493 e. The van der Waals surface area contributed by atoms with Gasteiger partial charge in [-0.1, -0.05) is 0 Å². The van der Waals surface area contributed by atoms with Gasteiger partial charge in [0.25, 0.3) is 0 Å². The average Bonchev–Trinajstić information content (AvgIpc) is 2.85. The third kappa shape index (κ3) is 3.79. The van der Waals surface area contributed by atoms with Crippen LogP contribution < -0.4 is 9.47 Å². The Bertz CT molecular complexity index is 709. The standard InChI is InChI=1S/C15H14F2O4S/c1-8(18)3-4-10(19)14-6-9-5-11(20-2)12(21-15(16)17)7-13(9)22-14/h5-7,15H,3-4H2,1-2H3. The third-order valence-corrected chi connectivity index (χ3v) is 4.14. The van der Waals surface area contributed by atoms with Crippen LogP contribution in [-0.4, -0.2) is 25.3 Å². The summed E-state index contributed by atoms with van der Waals surface area (Å²) in [6.07, 6.45) is 0.329. The van der Waals surface area contributed by atoms with E-state index in [1.807, 2.05) is 0 Å². The van der Waals surface area contributed by atoms with Crippen LogP contribution in [-0.2, 0) is 4.79 Å². The van der Waals surface area contributed by atoms with Crippen molar-refractivity contribution in [2.24, 2.45) is 0 Å². The molecular formula is C15H14F2O4S. The predicted molar refractivity (Wildman–Crippen MR) is 79.3 cm³/mol. The number of Topliss-reactive ketones (excluding diaryl/α,β-unsaturated/α-hetero) is 2. The van der Waals surface area contributed by atoms with Crippen molar-refractivity contribution >= 4 is 33.0 Å². The first-order valence-corrected chi connectivity index (χ1v) is 7.31. The van der Waals surface area contributed by atoms with E-state index in [-0.39, 0.29) is 35.9 Å². The second kappa shape index (κ2) is 6.83. The van der Waals surface area contributed by atoms with E-state index < -0.39 is 6.61 Å². The van der Waals surface area contributed by atoms with Gasteiger partial charge in [-0.2, -0.15) is 8.78 Å². The summed E-state index contributed by atoms with van der Waals surface area (Å²) in [6.45, 7) is -1.53.